The summed E-state index contributed by atoms with van der Waals surface area (Å²) in [5, 5.41) is 8.67. The van der Waals surface area contributed by atoms with E-state index in [2.05, 4.69) is 16.6 Å². The highest BCUT2D eigenvalue weighted by Crippen LogP contribution is 2.15. The molecule has 1 aromatic carbocycles. The van der Waals surface area contributed by atoms with E-state index < -0.39 is 10.0 Å². The monoisotopic (exact) mass is 267 g/mol. The fourth-order valence-electron chi connectivity index (χ4n) is 1.35. The van der Waals surface area contributed by atoms with Crippen LogP contribution in [0.1, 0.15) is 25.8 Å². The summed E-state index contributed by atoms with van der Waals surface area (Å²) in [6.07, 6.45) is 0.712. The Hall–Kier alpha value is -1.35. The van der Waals surface area contributed by atoms with Crippen molar-refractivity contribution < 1.29 is 13.5 Å². The number of benzene rings is 1. The minimum Gasteiger partial charge on any atom is -0.384 e. The van der Waals surface area contributed by atoms with Crippen LogP contribution >= 0.6 is 0 Å². The predicted molar refractivity (Wildman–Crippen MR) is 70.5 cm³/mol. The Morgan fingerprint density at radius 3 is 2.67 bits per heavy atom. The number of nitrogens with one attached hydrogen (secondary N) is 1. The zero-order chi connectivity index (χ0) is 13.6. The predicted octanol–water partition coefficient (Wildman–Crippen LogP) is 1.11. The summed E-state index contributed by atoms with van der Waals surface area (Å²) in [7, 11) is -3.57. The lowest BCUT2D eigenvalue weighted by molar-refractivity contribution is 0.350. The average Bonchev–Trinajstić information content (AvgIpc) is 2.36. The first-order valence-electron chi connectivity index (χ1n) is 5.72. The lowest BCUT2D eigenvalue weighted by atomic mass is 10.2. The number of aliphatic hydroxyl groups is 1. The van der Waals surface area contributed by atoms with Crippen molar-refractivity contribution in [2.75, 3.05) is 6.61 Å². The third kappa shape index (κ3) is 3.84. The molecule has 0 saturated carbocycles. The molecular weight excluding hydrogens is 250 g/mol. The Morgan fingerprint density at radius 2 is 2.06 bits per heavy atom. The molecular formula is C13H17NO3S. The molecule has 0 fully saturated rings. The third-order valence-corrected chi connectivity index (χ3v) is 4.10. The van der Waals surface area contributed by atoms with Crippen molar-refractivity contribution in [2.45, 2.75) is 31.2 Å². The summed E-state index contributed by atoms with van der Waals surface area (Å²) in [6.45, 7) is 3.41. The highest BCUT2D eigenvalue weighted by Gasteiger charge is 2.19. The number of hydrogen-bond acceptors (Lipinski definition) is 3. The van der Waals surface area contributed by atoms with E-state index in [0.29, 0.717) is 12.0 Å². The van der Waals surface area contributed by atoms with Gasteiger partial charge >= 0.3 is 0 Å². The summed E-state index contributed by atoms with van der Waals surface area (Å²) in [5.41, 5.74) is 0.391. The Labute approximate surface area is 108 Å². The molecule has 98 valence electrons. The van der Waals surface area contributed by atoms with Crippen molar-refractivity contribution in [3.05, 3.63) is 29.8 Å². The smallest absolute Gasteiger partial charge is 0.242 e. The van der Waals surface area contributed by atoms with Crippen molar-refractivity contribution in [3.8, 4) is 11.8 Å². The van der Waals surface area contributed by atoms with Gasteiger partial charge in [-0.15, -0.1) is 0 Å². The van der Waals surface area contributed by atoms with Crippen molar-refractivity contribution in [3.63, 3.8) is 0 Å². The molecule has 4 nitrogen and oxygen atoms in total. The van der Waals surface area contributed by atoms with E-state index in [1.54, 1.807) is 25.1 Å². The number of aliphatic hydroxyl groups excluding tert-OH is 1. The van der Waals surface area contributed by atoms with Crippen LogP contribution in [0.5, 0.6) is 0 Å². The first kappa shape index (κ1) is 14.7. The maximum Gasteiger partial charge on any atom is 0.242 e. The summed E-state index contributed by atoms with van der Waals surface area (Å²) in [6, 6.07) is 6.35. The van der Waals surface area contributed by atoms with E-state index in [9.17, 15) is 8.42 Å². The highest BCUT2D eigenvalue weighted by molar-refractivity contribution is 7.89. The van der Waals surface area contributed by atoms with Crippen LogP contribution in [0.3, 0.4) is 0 Å². The SMILES string of the molecule is CCC(C)NS(=O)(=O)c1ccccc1C#CCO. The first-order valence-corrected chi connectivity index (χ1v) is 7.20. The van der Waals surface area contributed by atoms with E-state index in [1.807, 2.05) is 6.92 Å². The van der Waals surface area contributed by atoms with Crippen LogP contribution in [0.2, 0.25) is 0 Å². The van der Waals surface area contributed by atoms with Gasteiger partial charge in [-0.25, -0.2) is 13.1 Å². The Balaban J connectivity index is 3.16. The van der Waals surface area contributed by atoms with Crippen molar-refractivity contribution >= 4 is 10.0 Å². The van der Waals surface area contributed by atoms with Gasteiger partial charge in [-0.3, -0.25) is 0 Å². The molecule has 0 saturated heterocycles. The second-order valence-corrected chi connectivity index (χ2v) is 5.57. The first-order chi connectivity index (χ1) is 8.51. The second kappa shape index (κ2) is 6.55. The van der Waals surface area contributed by atoms with E-state index in [-0.39, 0.29) is 17.5 Å². The van der Waals surface area contributed by atoms with Crippen molar-refractivity contribution in [1.82, 2.24) is 4.72 Å². The molecule has 0 amide bonds. The summed E-state index contributed by atoms with van der Waals surface area (Å²) < 4.78 is 26.9. The Morgan fingerprint density at radius 1 is 1.39 bits per heavy atom. The van der Waals surface area contributed by atoms with Gasteiger partial charge in [0.15, 0.2) is 0 Å². The van der Waals surface area contributed by atoms with Crippen LogP contribution in [0.15, 0.2) is 29.2 Å². The maximum atomic E-state index is 12.1. The molecule has 1 unspecified atom stereocenters. The molecule has 0 aromatic heterocycles. The standard InChI is InChI=1S/C13H17NO3S/c1-3-11(2)14-18(16,17)13-9-5-4-7-12(13)8-6-10-15/h4-5,7,9,11,14-15H,3,10H2,1-2H3. The van der Waals surface area contributed by atoms with Crippen molar-refractivity contribution in [1.29, 1.82) is 0 Å². The van der Waals surface area contributed by atoms with Gasteiger partial charge in [-0.05, 0) is 25.5 Å². The lowest BCUT2D eigenvalue weighted by Crippen LogP contribution is -2.32. The molecule has 18 heavy (non-hydrogen) atoms. The maximum absolute atomic E-state index is 12.1. The quantitative estimate of drug-likeness (QED) is 0.803. The molecule has 0 aliphatic carbocycles. The van der Waals surface area contributed by atoms with Crippen LogP contribution in [-0.2, 0) is 10.0 Å². The topological polar surface area (TPSA) is 66.4 Å². The molecule has 0 spiro atoms. The highest BCUT2D eigenvalue weighted by atomic mass is 32.2. The Kier molecular flexibility index (Phi) is 5.35. The van der Waals surface area contributed by atoms with Crippen LogP contribution in [0.25, 0.3) is 0 Å². The number of sulfonamides is 1. The zero-order valence-corrected chi connectivity index (χ0v) is 11.3. The summed E-state index contributed by atoms with van der Waals surface area (Å²) >= 11 is 0. The average molecular weight is 267 g/mol. The van der Waals surface area contributed by atoms with Gasteiger partial charge in [0.25, 0.3) is 0 Å². The molecule has 1 aromatic rings. The normalized spacial score (nSPS) is 12.6. The number of rotatable bonds is 4. The Bertz CT molecular complexity index is 555. The fraction of sp³-hybridized carbons (Fsp3) is 0.385. The van der Waals surface area contributed by atoms with Crippen LogP contribution < -0.4 is 4.72 Å². The van der Waals surface area contributed by atoms with E-state index >= 15 is 0 Å². The third-order valence-electron chi connectivity index (χ3n) is 2.45. The van der Waals surface area contributed by atoms with Crippen LogP contribution in [0.4, 0.5) is 0 Å². The van der Waals surface area contributed by atoms with Gasteiger partial charge in [-0.1, -0.05) is 30.9 Å². The van der Waals surface area contributed by atoms with Gasteiger partial charge in [-0.2, -0.15) is 0 Å². The minimum atomic E-state index is -3.57. The second-order valence-electron chi connectivity index (χ2n) is 3.89. The van der Waals surface area contributed by atoms with Gasteiger partial charge in [0.05, 0.1) is 4.90 Å². The lowest BCUT2D eigenvalue weighted by Gasteiger charge is -2.13. The van der Waals surface area contributed by atoms with Gasteiger partial charge < -0.3 is 5.11 Å². The van der Waals surface area contributed by atoms with E-state index in [0.717, 1.165) is 0 Å². The molecule has 1 atom stereocenters. The largest absolute Gasteiger partial charge is 0.384 e. The van der Waals surface area contributed by atoms with Crippen molar-refractivity contribution in [2.24, 2.45) is 0 Å². The zero-order valence-electron chi connectivity index (χ0n) is 10.5. The fourth-order valence-corrected chi connectivity index (χ4v) is 2.84. The summed E-state index contributed by atoms with van der Waals surface area (Å²) in [4.78, 5) is 0.145. The van der Waals surface area contributed by atoms with Gasteiger partial charge in [0, 0.05) is 11.6 Å². The molecule has 5 heteroatoms. The summed E-state index contributed by atoms with van der Waals surface area (Å²) in [5.74, 6) is 5.10. The molecule has 0 bridgehead atoms. The van der Waals surface area contributed by atoms with Crippen LogP contribution in [-0.4, -0.2) is 26.2 Å². The molecule has 1 rings (SSSR count). The van der Waals surface area contributed by atoms with Gasteiger partial charge in [0.2, 0.25) is 10.0 Å². The van der Waals surface area contributed by atoms with Crippen LogP contribution in [0, 0.1) is 11.8 Å². The minimum absolute atomic E-state index is 0.131. The van der Waals surface area contributed by atoms with E-state index in [4.69, 9.17) is 5.11 Å². The molecule has 0 radical (unpaired) electrons. The molecule has 0 aliphatic heterocycles. The van der Waals surface area contributed by atoms with E-state index in [1.165, 1.54) is 6.07 Å². The molecule has 0 heterocycles. The molecule has 0 aliphatic rings. The number of hydrogen-bond donors (Lipinski definition) is 2. The molecule has 2 N–H and O–H groups in total. The van der Waals surface area contributed by atoms with Gasteiger partial charge in [0.1, 0.15) is 6.61 Å².